The zero-order valence-corrected chi connectivity index (χ0v) is 13.3. The number of benzene rings is 2. The summed E-state index contributed by atoms with van der Waals surface area (Å²) in [4.78, 5) is 11.4. The summed E-state index contributed by atoms with van der Waals surface area (Å²) in [7, 11) is 0. The molecule has 0 aliphatic carbocycles. The van der Waals surface area contributed by atoms with Crippen molar-refractivity contribution in [2.75, 3.05) is 0 Å². The maximum atomic E-state index is 13.7. The molecule has 2 aromatic rings. The Morgan fingerprint density at radius 2 is 1.95 bits per heavy atom. The minimum absolute atomic E-state index is 0.117. The molecule has 2 aromatic carbocycles. The number of hydrogen-bond acceptors (Lipinski definition) is 2. The highest BCUT2D eigenvalue weighted by Crippen LogP contribution is 2.34. The number of halogens is 2. The third-order valence-electron chi connectivity index (χ3n) is 3.04. The molecule has 0 spiro atoms. The van der Waals surface area contributed by atoms with Gasteiger partial charge in [-0.1, -0.05) is 35.8 Å². The summed E-state index contributed by atoms with van der Waals surface area (Å²) in [5.74, 6) is -0.648. The molecule has 0 atom stereocenters. The van der Waals surface area contributed by atoms with E-state index in [4.69, 9.17) is 10.5 Å². The monoisotopic (exact) mass is 351 g/mol. The molecule has 0 aliphatic rings. The second-order valence-electron chi connectivity index (χ2n) is 4.92. The number of amides is 1. The van der Waals surface area contributed by atoms with Crippen molar-refractivity contribution in [3.05, 3.63) is 57.8 Å². The van der Waals surface area contributed by atoms with Crippen LogP contribution in [0.25, 0.3) is 0 Å². The SMILES string of the molecule is CC(C)c1cc(Br)ccc1Oc1cccc(F)c1C(N)=O. The van der Waals surface area contributed by atoms with Gasteiger partial charge in [0.05, 0.1) is 0 Å². The molecular formula is C16H15BrFNO2. The van der Waals surface area contributed by atoms with E-state index in [1.165, 1.54) is 18.2 Å². The zero-order valence-electron chi connectivity index (χ0n) is 11.7. The molecule has 0 unspecified atom stereocenters. The Morgan fingerprint density at radius 1 is 1.24 bits per heavy atom. The maximum Gasteiger partial charge on any atom is 0.255 e. The van der Waals surface area contributed by atoms with Gasteiger partial charge >= 0.3 is 0 Å². The van der Waals surface area contributed by atoms with Gasteiger partial charge in [0.25, 0.3) is 5.91 Å². The van der Waals surface area contributed by atoms with Crippen LogP contribution >= 0.6 is 15.9 Å². The first-order chi connectivity index (χ1) is 9.90. The Kier molecular flexibility index (Phi) is 4.63. The second kappa shape index (κ2) is 6.26. The van der Waals surface area contributed by atoms with E-state index in [1.807, 2.05) is 26.0 Å². The number of rotatable bonds is 4. The molecule has 1 amide bonds. The lowest BCUT2D eigenvalue weighted by atomic mass is 10.0. The summed E-state index contributed by atoms with van der Waals surface area (Å²) in [5.41, 5.74) is 5.93. The van der Waals surface area contributed by atoms with Gasteiger partial charge in [0.15, 0.2) is 0 Å². The average molecular weight is 352 g/mol. The average Bonchev–Trinajstić information content (AvgIpc) is 2.40. The highest BCUT2D eigenvalue weighted by atomic mass is 79.9. The van der Waals surface area contributed by atoms with E-state index in [-0.39, 0.29) is 17.2 Å². The Bertz CT molecular complexity index is 686. The van der Waals surface area contributed by atoms with Crippen molar-refractivity contribution >= 4 is 21.8 Å². The maximum absolute atomic E-state index is 13.7. The van der Waals surface area contributed by atoms with Gasteiger partial charge < -0.3 is 10.5 Å². The van der Waals surface area contributed by atoms with Gasteiger partial charge in [-0.15, -0.1) is 0 Å². The van der Waals surface area contributed by atoms with Crippen LogP contribution in [-0.4, -0.2) is 5.91 Å². The quantitative estimate of drug-likeness (QED) is 0.874. The molecule has 0 bridgehead atoms. The molecule has 0 saturated carbocycles. The molecule has 5 heteroatoms. The van der Waals surface area contributed by atoms with Crippen LogP contribution in [0.1, 0.15) is 35.7 Å². The number of primary amides is 1. The van der Waals surface area contributed by atoms with Crippen molar-refractivity contribution < 1.29 is 13.9 Å². The van der Waals surface area contributed by atoms with E-state index in [9.17, 15) is 9.18 Å². The summed E-state index contributed by atoms with van der Waals surface area (Å²) in [6.45, 7) is 4.05. The molecule has 2 rings (SSSR count). The molecule has 110 valence electrons. The van der Waals surface area contributed by atoms with Gasteiger partial charge in [-0.2, -0.15) is 0 Å². The number of ether oxygens (including phenoxy) is 1. The van der Waals surface area contributed by atoms with Crippen molar-refractivity contribution in [2.24, 2.45) is 5.73 Å². The predicted molar refractivity (Wildman–Crippen MR) is 83.2 cm³/mol. The third kappa shape index (κ3) is 3.42. The minimum Gasteiger partial charge on any atom is -0.456 e. The minimum atomic E-state index is -0.855. The van der Waals surface area contributed by atoms with Crippen LogP contribution in [0.3, 0.4) is 0 Å². The first-order valence-corrected chi connectivity index (χ1v) is 7.25. The van der Waals surface area contributed by atoms with E-state index >= 15 is 0 Å². The molecular weight excluding hydrogens is 337 g/mol. The van der Waals surface area contributed by atoms with Gasteiger partial charge in [-0.25, -0.2) is 4.39 Å². The van der Waals surface area contributed by atoms with Crippen LogP contribution in [0.15, 0.2) is 40.9 Å². The summed E-state index contributed by atoms with van der Waals surface area (Å²) < 4.78 is 20.4. The predicted octanol–water partition coefficient (Wildman–Crippen LogP) is 4.60. The molecule has 3 nitrogen and oxygen atoms in total. The van der Waals surface area contributed by atoms with Crippen LogP contribution in [0.4, 0.5) is 4.39 Å². The number of nitrogens with two attached hydrogens (primary N) is 1. The van der Waals surface area contributed by atoms with Crippen molar-refractivity contribution in [1.82, 2.24) is 0 Å². The second-order valence-corrected chi connectivity index (χ2v) is 5.83. The van der Waals surface area contributed by atoms with Crippen LogP contribution < -0.4 is 10.5 Å². The molecule has 0 aromatic heterocycles. The smallest absolute Gasteiger partial charge is 0.255 e. The Morgan fingerprint density at radius 3 is 2.57 bits per heavy atom. The van der Waals surface area contributed by atoms with Gasteiger partial charge in [-0.3, -0.25) is 4.79 Å². The fourth-order valence-electron chi connectivity index (χ4n) is 2.01. The molecule has 0 radical (unpaired) electrons. The normalized spacial score (nSPS) is 10.7. The van der Waals surface area contributed by atoms with Crippen LogP contribution in [0.2, 0.25) is 0 Å². The van der Waals surface area contributed by atoms with Crippen molar-refractivity contribution in [3.8, 4) is 11.5 Å². The molecule has 0 aliphatic heterocycles. The highest BCUT2D eigenvalue weighted by Gasteiger charge is 2.17. The highest BCUT2D eigenvalue weighted by molar-refractivity contribution is 9.10. The number of carbonyl (C=O) groups excluding carboxylic acids is 1. The largest absolute Gasteiger partial charge is 0.456 e. The zero-order chi connectivity index (χ0) is 15.6. The van der Waals surface area contributed by atoms with Gasteiger partial charge in [0, 0.05) is 4.47 Å². The summed E-state index contributed by atoms with van der Waals surface area (Å²) >= 11 is 3.41. The van der Waals surface area contributed by atoms with E-state index in [0.717, 1.165) is 10.0 Å². The van der Waals surface area contributed by atoms with Crippen LogP contribution in [0.5, 0.6) is 11.5 Å². The fraction of sp³-hybridized carbons (Fsp3) is 0.188. The van der Waals surface area contributed by atoms with Crippen molar-refractivity contribution in [2.45, 2.75) is 19.8 Å². The summed E-state index contributed by atoms with van der Waals surface area (Å²) in [5, 5.41) is 0. The van der Waals surface area contributed by atoms with Crippen molar-refractivity contribution in [3.63, 3.8) is 0 Å². The topological polar surface area (TPSA) is 52.3 Å². The fourth-order valence-corrected chi connectivity index (χ4v) is 2.39. The van der Waals surface area contributed by atoms with Crippen LogP contribution in [-0.2, 0) is 0 Å². The first kappa shape index (κ1) is 15.5. The Hall–Kier alpha value is -1.88. The number of hydrogen-bond donors (Lipinski definition) is 1. The lowest BCUT2D eigenvalue weighted by Crippen LogP contribution is -2.14. The molecule has 21 heavy (non-hydrogen) atoms. The molecule has 2 N–H and O–H groups in total. The lowest BCUT2D eigenvalue weighted by molar-refractivity contribution is 0.0994. The van der Waals surface area contributed by atoms with E-state index < -0.39 is 11.7 Å². The van der Waals surface area contributed by atoms with Crippen LogP contribution in [0, 0.1) is 5.82 Å². The Labute approximate surface area is 131 Å². The van der Waals surface area contributed by atoms with Gasteiger partial charge in [0.2, 0.25) is 0 Å². The molecule has 0 fully saturated rings. The first-order valence-electron chi connectivity index (χ1n) is 6.45. The summed E-state index contributed by atoms with van der Waals surface area (Å²) in [6.07, 6.45) is 0. The molecule has 0 saturated heterocycles. The van der Waals surface area contributed by atoms with Crippen molar-refractivity contribution in [1.29, 1.82) is 0 Å². The standard InChI is InChI=1S/C16H15BrFNO2/c1-9(2)11-8-10(17)6-7-13(11)21-14-5-3-4-12(18)15(14)16(19)20/h3-9H,1-2H3,(H2,19,20). The van der Waals surface area contributed by atoms with E-state index in [0.29, 0.717) is 5.75 Å². The van der Waals surface area contributed by atoms with Gasteiger partial charge in [0.1, 0.15) is 22.9 Å². The van der Waals surface area contributed by atoms with Gasteiger partial charge in [-0.05, 0) is 41.8 Å². The lowest BCUT2D eigenvalue weighted by Gasteiger charge is -2.16. The number of carbonyl (C=O) groups is 1. The Balaban J connectivity index is 2.49. The van der Waals surface area contributed by atoms with E-state index in [2.05, 4.69) is 15.9 Å². The third-order valence-corrected chi connectivity index (χ3v) is 3.53. The molecule has 0 heterocycles. The summed E-state index contributed by atoms with van der Waals surface area (Å²) in [6, 6.07) is 9.71. The van der Waals surface area contributed by atoms with E-state index in [1.54, 1.807) is 6.07 Å².